The maximum Gasteiger partial charge on any atom is 0.305 e. The first-order valence-corrected chi connectivity index (χ1v) is 10.9. The number of aliphatic hydroxyl groups is 2. The second kappa shape index (κ2) is 12.8. The van der Waals surface area contributed by atoms with Crippen LogP contribution in [0.2, 0.25) is 0 Å². The predicted octanol–water partition coefficient (Wildman–Crippen LogP) is -5.39. The highest BCUT2D eigenvalue weighted by Gasteiger charge is 2.44. The smallest absolute Gasteiger partial charge is 0.305 e. The molecule has 196 valence electrons. The summed E-state index contributed by atoms with van der Waals surface area (Å²) in [4.78, 5) is 64.8. The Hall–Kier alpha value is -3.50. The van der Waals surface area contributed by atoms with Crippen molar-refractivity contribution >= 4 is 35.6 Å². The average molecular weight is 501 g/mol. The van der Waals surface area contributed by atoms with E-state index in [2.05, 4.69) is 26.3 Å². The first kappa shape index (κ1) is 27.7. The molecule has 11 N–H and O–H groups in total. The number of guanidine groups is 1. The number of rotatable bonds is 6. The van der Waals surface area contributed by atoms with Gasteiger partial charge < -0.3 is 52.8 Å². The van der Waals surface area contributed by atoms with Gasteiger partial charge in [-0.2, -0.15) is 0 Å². The largest absolute Gasteiger partial charge is 0.481 e. The Morgan fingerprint density at radius 2 is 1.60 bits per heavy atom. The van der Waals surface area contributed by atoms with E-state index in [1.165, 1.54) is 0 Å². The molecule has 2 fully saturated rings. The van der Waals surface area contributed by atoms with Crippen LogP contribution in [-0.2, 0) is 28.7 Å². The summed E-state index contributed by atoms with van der Waals surface area (Å²) in [6.45, 7) is -0.730. The lowest BCUT2D eigenvalue weighted by molar-refractivity contribution is -0.141. The SMILES string of the molecule is NC(N)=NCCC[C@@H]1NC(=O)C[C@@H]2O[C@H](CNC(=O)[C@H](CC(=O)O)NC(=O)CNC1=O)[C@@H](O)[C@H]2O. The van der Waals surface area contributed by atoms with Crippen molar-refractivity contribution in [3.05, 3.63) is 0 Å². The molecular formula is C19H31N7O9. The molecule has 16 nitrogen and oxygen atoms in total. The lowest BCUT2D eigenvalue weighted by Crippen LogP contribution is -2.53. The Morgan fingerprint density at radius 1 is 0.971 bits per heavy atom. The van der Waals surface area contributed by atoms with E-state index in [0.29, 0.717) is 6.42 Å². The van der Waals surface area contributed by atoms with Crippen LogP contribution in [0.1, 0.15) is 25.7 Å². The van der Waals surface area contributed by atoms with Crippen LogP contribution in [0.5, 0.6) is 0 Å². The molecule has 0 saturated carbocycles. The van der Waals surface area contributed by atoms with E-state index >= 15 is 0 Å². The third kappa shape index (κ3) is 8.66. The normalized spacial score (nSPS) is 30.5. The van der Waals surface area contributed by atoms with Crippen molar-refractivity contribution in [2.75, 3.05) is 19.6 Å². The standard InChI is InChI=1S/C19H31N7O9/c20-19(21)22-3-1-2-8-17(33)24-7-13(28)26-9(4-14(29)30)18(34)23-6-11-16(32)15(31)10(35-11)5-12(27)25-8/h8-11,15-16,31-32H,1-7H2,(H,23,34)(H,24,33)(H,25,27)(H,26,28)(H,29,30)(H4,20,21,22)/t8-,9-,10-,11+,15-,16+/m0/s1. The van der Waals surface area contributed by atoms with Gasteiger partial charge >= 0.3 is 5.97 Å². The van der Waals surface area contributed by atoms with Crippen molar-refractivity contribution < 1.29 is 44.0 Å². The topological polar surface area (TPSA) is 268 Å². The molecule has 2 saturated heterocycles. The van der Waals surface area contributed by atoms with Gasteiger partial charge in [0.1, 0.15) is 30.4 Å². The van der Waals surface area contributed by atoms with E-state index in [1.54, 1.807) is 0 Å². The molecule has 4 amide bonds. The van der Waals surface area contributed by atoms with Gasteiger partial charge in [-0.25, -0.2) is 0 Å². The summed E-state index contributed by atoms with van der Waals surface area (Å²) in [6, 6.07) is -2.58. The summed E-state index contributed by atoms with van der Waals surface area (Å²) in [7, 11) is 0. The highest BCUT2D eigenvalue weighted by molar-refractivity contribution is 5.93. The first-order chi connectivity index (χ1) is 16.5. The number of carbonyl (C=O) groups is 5. The van der Waals surface area contributed by atoms with Crippen molar-refractivity contribution in [3.8, 4) is 0 Å². The fourth-order valence-corrected chi connectivity index (χ4v) is 3.62. The fraction of sp³-hybridized carbons (Fsp3) is 0.684. The number of hydrogen-bond acceptors (Lipinski definition) is 9. The second-order valence-corrected chi connectivity index (χ2v) is 8.15. The minimum Gasteiger partial charge on any atom is -0.481 e. The molecule has 16 heteroatoms. The fourth-order valence-electron chi connectivity index (χ4n) is 3.62. The van der Waals surface area contributed by atoms with Crippen molar-refractivity contribution in [1.82, 2.24) is 21.3 Å². The van der Waals surface area contributed by atoms with E-state index in [4.69, 9.17) is 21.3 Å². The van der Waals surface area contributed by atoms with Gasteiger partial charge in [-0.05, 0) is 12.8 Å². The van der Waals surface area contributed by atoms with E-state index in [0.717, 1.165) is 0 Å². The lowest BCUT2D eigenvalue weighted by atomic mass is 10.0. The van der Waals surface area contributed by atoms with Gasteiger partial charge in [-0.3, -0.25) is 29.0 Å². The van der Waals surface area contributed by atoms with E-state index in [-0.39, 0.29) is 25.5 Å². The third-order valence-corrected chi connectivity index (χ3v) is 5.38. The van der Waals surface area contributed by atoms with E-state index in [9.17, 15) is 34.2 Å². The number of carbonyl (C=O) groups excluding carboxylic acids is 4. The number of nitrogens with two attached hydrogens (primary N) is 2. The zero-order chi connectivity index (χ0) is 26.1. The minimum absolute atomic E-state index is 0.0966. The molecule has 0 aliphatic carbocycles. The number of nitrogens with one attached hydrogen (secondary N) is 4. The molecule has 2 rings (SSSR count). The van der Waals surface area contributed by atoms with Gasteiger partial charge in [0.05, 0.1) is 25.5 Å². The number of hydrogen-bond donors (Lipinski definition) is 9. The van der Waals surface area contributed by atoms with Crippen LogP contribution < -0.4 is 32.7 Å². The zero-order valence-electron chi connectivity index (χ0n) is 18.8. The number of nitrogens with zero attached hydrogens (tertiary/aromatic N) is 1. The zero-order valence-corrected chi connectivity index (χ0v) is 18.8. The Kier molecular flexibility index (Phi) is 10.2. The van der Waals surface area contributed by atoms with E-state index < -0.39 is 85.5 Å². The molecule has 0 unspecified atom stereocenters. The van der Waals surface area contributed by atoms with Crippen LogP contribution in [0.4, 0.5) is 0 Å². The molecule has 2 aliphatic rings. The van der Waals surface area contributed by atoms with Crippen LogP contribution in [0, 0.1) is 0 Å². The summed E-state index contributed by atoms with van der Waals surface area (Å²) in [6.07, 6.45) is -5.88. The number of amides is 4. The van der Waals surface area contributed by atoms with Gasteiger partial charge in [-0.1, -0.05) is 0 Å². The molecule has 6 atom stereocenters. The van der Waals surface area contributed by atoms with Crippen LogP contribution in [-0.4, -0.2) is 107 Å². The number of fused-ring (bicyclic) bond motifs is 2. The average Bonchev–Trinajstić information content (AvgIpc) is 3.04. The van der Waals surface area contributed by atoms with Gasteiger partial charge in [0, 0.05) is 13.1 Å². The summed E-state index contributed by atoms with van der Waals surface area (Å²) >= 11 is 0. The summed E-state index contributed by atoms with van der Waals surface area (Å²) < 4.78 is 5.50. The maximum atomic E-state index is 12.6. The van der Waals surface area contributed by atoms with Crippen LogP contribution in [0.3, 0.4) is 0 Å². The van der Waals surface area contributed by atoms with Crippen molar-refractivity contribution in [2.45, 2.75) is 62.2 Å². The molecule has 2 heterocycles. The molecule has 0 aromatic carbocycles. The quantitative estimate of drug-likeness (QED) is 0.0941. The number of carboxylic acids is 1. The summed E-state index contributed by atoms with van der Waals surface area (Å²) in [5.41, 5.74) is 10.5. The van der Waals surface area contributed by atoms with Crippen LogP contribution >= 0.6 is 0 Å². The molecule has 0 spiro atoms. The third-order valence-electron chi connectivity index (χ3n) is 5.38. The molecule has 0 aromatic rings. The Balaban J connectivity index is 2.20. The van der Waals surface area contributed by atoms with Crippen LogP contribution in [0.25, 0.3) is 0 Å². The predicted molar refractivity (Wildman–Crippen MR) is 117 cm³/mol. The monoisotopic (exact) mass is 501 g/mol. The van der Waals surface area contributed by atoms with Gasteiger partial charge in [0.2, 0.25) is 23.6 Å². The first-order valence-electron chi connectivity index (χ1n) is 10.9. The molecule has 35 heavy (non-hydrogen) atoms. The van der Waals surface area contributed by atoms with Crippen molar-refractivity contribution in [2.24, 2.45) is 16.5 Å². The molecular weight excluding hydrogens is 470 g/mol. The minimum atomic E-state index is -1.47. The maximum absolute atomic E-state index is 12.6. The van der Waals surface area contributed by atoms with Crippen LogP contribution in [0.15, 0.2) is 4.99 Å². The van der Waals surface area contributed by atoms with Gasteiger partial charge in [0.25, 0.3) is 0 Å². The highest BCUT2D eigenvalue weighted by Crippen LogP contribution is 2.23. The molecule has 0 radical (unpaired) electrons. The van der Waals surface area contributed by atoms with E-state index in [1.807, 2.05) is 0 Å². The molecule has 2 aliphatic heterocycles. The molecule has 0 aromatic heterocycles. The number of aliphatic carboxylic acids is 1. The lowest BCUT2D eigenvalue weighted by Gasteiger charge is -2.22. The second-order valence-electron chi connectivity index (χ2n) is 8.15. The number of aliphatic hydroxyl groups excluding tert-OH is 2. The number of aliphatic imine (C=N–C) groups is 1. The molecule has 2 bridgehead atoms. The summed E-state index contributed by atoms with van der Waals surface area (Å²) in [5.74, 6) is -4.61. The van der Waals surface area contributed by atoms with Gasteiger partial charge in [0.15, 0.2) is 5.96 Å². The van der Waals surface area contributed by atoms with Crippen molar-refractivity contribution in [1.29, 1.82) is 0 Å². The number of carboxylic acid groups (broad SMARTS) is 1. The Labute approximate surface area is 199 Å². The summed E-state index contributed by atoms with van der Waals surface area (Å²) in [5, 5.41) is 38.9. The van der Waals surface area contributed by atoms with Gasteiger partial charge in [-0.15, -0.1) is 0 Å². The van der Waals surface area contributed by atoms with Crippen molar-refractivity contribution in [3.63, 3.8) is 0 Å². The Morgan fingerprint density at radius 3 is 2.26 bits per heavy atom. The highest BCUT2D eigenvalue weighted by atomic mass is 16.5. The number of ether oxygens (including phenoxy) is 1. The Bertz CT molecular complexity index is 849.